The van der Waals surface area contributed by atoms with E-state index in [2.05, 4.69) is 34.6 Å². The maximum absolute atomic E-state index is 10.6. The van der Waals surface area contributed by atoms with Crippen LogP contribution in [0.5, 0.6) is 0 Å². The predicted octanol–water partition coefficient (Wildman–Crippen LogP) is 6.30. The van der Waals surface area contributed by atoms with E-state index in [0.29, 0.717) is 29.3 Å². The molecule has 2 heteroatoms. The second-order valence-electron chi connectivity index (χ2n) is 13.6. The normalized spacial score (nSPS) is 58.0. The van der Waals surface area contributed by atoms with Crippen LogP contribution < -0.4 is 0 Å². The molecule has 5 aliphatic carbocycles. The molecule has 30 heavy (non-hydrogen) atoms. The molecule has 0 radical (unpaired) electrons. The van der Waals surface area contributed by atoms with Crippen LogP contribution in [-0.2, 0) is 0 Å². The Morgan fingerprint density at radius 3 is 2.17 bits per heavy atom. The fourth-order valence-corrected chi connectivity index (χ4v) is 11.1. The first-order chi connectivity index (χ1) is 14.2. The quantitative estimate of drug-likeness (QED) is 0.555. The lowest BCUT2D eigenvalue weighted by molar-refractivity contribution is -0.201. The minimum Gasteiger partial charge on any atom is -0.396 e. The van der Waals surface area contributed by atoms with Crippen molar-refractivity contribution in [3.05, 3.63) is 0 Å². The first kappa shape index (κ1) is 21.7. The Balaban J connectivity index is 1.48. The van der Waals surface area contributed by atoms with Gasteiger partial charge in [0, 0.05) is 6.61 Å². The zero-order valence-corrected chi connectivity index (χ0v) is 20.4. The van der Waals surface area contributed by atoms with Crippen LogP contribution in [0.15, 0.2) is 0 Å². The summed E-state index contributed by atoms with van der Waals surface area (Å²) in [6.07, 6.45) is 12.9. The van der Waals surface area contributed by atoms with Crippen molar-refractivity contribution in [1.29, 1.82) is 0 Å². The van der Waals surface area contributed by atoms with Crippen LogP contribution in [0.2, 0.25) is 0 Å². The summed E-state index contributed by atoms with van der Waals surface area (Å²) in [5, 5.41) is 21.2. The summed E-state index contributed by atoms with van der Waals surface area (Å²) >= 11 is 0. The molecular weight excluding hydrogens is 368 g/mol. The average molecular weight is 417 g/mol. The molecule has 11 atom stereocenters. The molecule has 0 heterocycles. The molecular formula is C28H48O2. The third kappa shape index (κ3) is 2.74. The standard InChI is InChI=1S/C28H48O2/c1-17(2)19-8-14-28(16-29)15-10-22-20(25(19)28)6-7-24-26(4)13-11-23(30)18(3)21(26)9-12-27(22,24)5/h17-25,29-30H,6-16H2,1-5H3/t18-,19+,20+,21-,22-,23+,24+,25-,26+,27+,28-/m1/s1. The summed E-state index contributed by atoms with van der Waals surface area (Å²) in [6, 6.07) is 0. The molecule has 0 aromatic heterocycles. The Morgan fingerprint density at radius 2 is 1.47 bits per heavy atom. The maximum atomic E-state index is 10.6. The number of aliphatic hydroxyl groups is 2. The van der Waals surface area contributed by atoms with Gasteiger partial charge in [-0.3, -0.25) is 0 Å². The van der Waals surface area contributed by atoms with E-state index in [-0.39, 0.29) is 11.5 Å². The SMILES string of the molecule is CC(C)[C@@H]1CC[C@]2(CO)CC[C@@H]3[C@H](CC[C@H]4[C@@]5(C)CC[C@H](O)[C@H](C)[C@H]5CC[C@]43C)[C@@H]12. The van der Waals surface area contributed by atoms with Crippen LogP contribution in [0.3, 0.4) is 0 Å². The Hall–Kier alpha value is -0.0800. The van der Waals surface area contributed by atoms with Gasteiger partial charge in [-0.1, -0.05) is 34.6 Å². The highest BCUT2D eigenvalue weighted by Crippen LogP contribution is 2.72. The lowest BCUT2D eigenvalue weighted by Gasteiger charge is -2.68. The van der Waals surface area contributed by atoms with Crippen molar-refractivity contribution in [2.24, 2.45) is 63.6 Å². The number of hydrogen-bond acceptors (Lipinski definition) is 2. The second-order valence-corrected chi connectivity index (χ2v) is 13.6. The summed E-state index contributed by atoms with van der Waals surface area (Å²) in [5.41, 5.74) is 1.14. The van der Waals surface area contributed by atoms with Crippen LogP contribution >= 0.6 is 0 Å². The van der Waals surface area contributed by atoms with E-state index in [1.807, 2.05) is 0 Å². The van der Waals surface area contributed by atoms with Crippen LogP contribution in [0.25, 0.3) is 0 Å². The van der Waals surface area contributed by atoms with E-state index in [0.717, 1.165) is 41.9 Å². The Bertz CT molecular complexity index is 659. The topological polar surface area (TPSA) is 40.5 Å². The zero-order valence-electron chi connectivity index (χ0n) is 20.4. The van der Waals surface area contributed by atoms with E-state index < -0.39 is 0 Å². The molecule has 0 spiro atoms. The maximum Gasteiger partial charge on any atom is 0.0568 e. The van der Waals surface area contributed by atoms with Crippen LogP contribution in [0.4, 0.5) is 0 Å². The lowest BCUT2D eigenvalue weighted by Crippen LogP contribution is -2.61. The van der Waals surface area contributed by atoms with Gasteiger partial charge >= 0.3 is 0 Å². The van der Waals surface area contributed by atoms with Gasteiger partial charge in [0.2, 0.25) is 0 Å². The van der Waals surface area contributed by atoms with Gasteiger partial charge in [0.15, 0.2) is 0 Å². The molecule has 5 saturated carbocycles. The molecule has 0 amide bonds. The van der Waals surface area contributed by atoms with Gasteiger partial charge < -0.3 is 10.2 Å². The zero-order chi connectivity index (χ0) is 21.5. The van der Waals surface area contributed by atoms with Gasteiger partial charge in [-0.2, -0.15) is 0 Å². The molecule has 0 aromatic rings. The number of fused-ring (bicyclic) bond motifs is 7. The van der Waals surface area contributed by atoms with Crippen molar-refractivity contribution >= 4 is 0 Å². The van der Waals surface area contributed by atoms with E-state index in [1.165, 1.54) is 57.8 Å². The number of rotatable bonds is 2. The van der Waals surface area contributed by atoms with Gasteiger partial charge in [0.05, 0.1) is 6.10 Å². The average Bonchev–Trinajstić information content (AvgIpc) is 3.12. The molecule has 5 fully saturated rings. The van der Waals surface area contributed by atoms with E-state index in [1.54, 1.807) is 0 Å². The number of hydrogen-bond donors (Lipinski definition) is 2. The van der Waals surface area contributed by atoms with Crippen molar-refractivity contribution < 1.29 is 10.2 Å². The molecule has 0 aromatic carbocycles. The molecule has 2 nitrogen and oxygen atoms in total. The van der Waals surface area contributed by atoms with Gasteiger partial charge in [-0.25, -0.2) is 0 Å². The summed E-state index contributed by atoms with van der Waals surface area (Å²) in [4.78, 5) is 0. The van der Waals surface area contributed by atoms with Gasteiger partial charge in [0.25, 0.3) is 0 Å². The smallest absolute Gasteiger partial charge is 0.0568 e. The van der Waals surface area contributed by atoms with Gasteiger partial charge in [-0.05, 0) is 128 Å². The van der Waals surface area contributed by atoms with E-state index in [4.69, 9.17) is 0 Å². The van der Waals surface area contributed by atoms with Gasteiger partial charge in [-0.15, -0.1) is 0 Å². The van der Waals surface area contributed by atoms with E-state index in [9.17, 15) is 10.2 Å². The number of aliphatic hydroxyl groups excluding tert-OH is 2. The molecule has 0 bridgehead atoms. The minimum atomic E-state index is -0.0751. The lowest BCUT2D eigenvalue weighted by atomic mass is 9.37. The fraction of sp³-hybridized carbons (Fsp3) is 1.00. The van der Waals surface area contributed by atoms with Crippen molar-refractivity contribution in [1.82, 2.24) is 0 Å². The summed E-state index contributed by atoms with van der Waals surface area (Å²) in [7, 11) is 0. The third-order valence-electron chi connectivity index (χ3n) is 12.5. The molecule has 2 N–H and O–H groups in total. The van der Waals surface area contributed by atoms with Crippen molar-refractivity contribution in [2.75, 3.05) is 6.61 Å². The monoisotopic (exact) mass is 416 g/mol. The molecule has 0 unspecified atom stereocenters. The third-order valence-corrected chi connectivity index (χ3v) is 12.5. The van der Waals surface area contributed by atoms with Crippen LogP contribution in [0, 0.1) is 63.6 Å². The van der Waals surface area contributed by atoms with Crippen molar-refractivity contribution in [2.45, 2.75) is 105 Å². The molecule has 5 aliphatic rings. The molecule has 0 aliphatic heterocycles. The Kier molecular flexibility index (Phi) is 5.23. The summed E-state index contributed by atoms with van der Waals surface area (Å²) < 4.78 is 0. The van der Waals surface area contributed by atoms with Crippen molar-refractivity contribution in [3.63, 3.8) is 0 Å². The Morgan fingerprint density at radius 1 is 0.833 bits per heavy atom. The Labute approximate surface area is 185 Å². The predicted molar refractivity (Wildman–Crippen MR) is 123 cm³/mol. The van der Waals surface area contributed by atoms with Crippen LogP contribution in [0.1, 0.15) is 98.8 Å². The fourth-order valence-electron chi connectivity index (χ4n) is 11.1. The van der Waals surface area contributed by atoms with Gasteiger partial charge in [0.1, 0.15) is 0 Å². The minimum absolute atomic E-state index is 0.0751. The molecule has 0 saturated heterocycles. The highest BCUT2D eigenvalue weighted by molar-refractivity contribution is 5.14. The largest absolute Gasteiger partial charge is 0.396 e. The molecule has 172 valence electrons. The highest BCUT2D eigenvalue weighted by atomic mass is 16.3. The second kappa shape index (κ2) is 7.21. The summed E-state index contributed by atoms with van der Waals surface area (Å²) in [6.45, 7) is 13.0. The van der Waals surface area contributed by atoms with E-state index >= 15 is 0 Å². The summed E-state index contributed by atoms with van der Waals surface area (Å²) in [5.74, 6) is 6.06. The van der Waals surface area contributed by atoms with Crippen LogP contribution in [-0.4, -0.2) is 22.9 Å². The highest BCUT2D eigenvalue weighted by Gasteiger charge is 2.65. The van der Waals surface area contributed by atoms with Crippen molar-refractivity contribution in [3.8, 4) is 0 Å². The first-order valence-corrected chi connectivity index (χ1v) is 13.5. The molecule has 5 rings (SSSR count). The first-order valence-electron chi connectivity index (χ1n) is 13.5.